The molecule has 7 heteroatoms. The molecule has 3 aromatic rings. The van der Waals surface area contributed by atoms with E-state index >= 15 is 0 Å². The molecular weight excluding hydrogens is 370 g/mol. The summed E-state index contributed by atoms with van der Waals surface area (Å²) in [5.74, 6) is -0.382. The van der Waals surface area contributed by atoms with E-state index < -0.39 is 0 Å². The molecule has 0 bridgehead atoms. The highest BCUT2D eigenvalue weighted by Gasteiger charge is 2.13. The Balaban J connectivity index is 1.84. The Morgan fingerprint density at radius 3 is 2.62 bits per heavy atom. The van der Waals surface area contributed by atoms with E-state index in [-0.39, 0.29) is 5.97 Å². The van der Waals surface area contributed by atoms with Gasteiger partial charge in [-0.25, -0.2) is 14.8 Å². The number of hydrogen-bond donors (Lipinski definition) is 0. The molecule has 0 unspecified atom stereocenters. The van der Waals surface area contributed by atoms with Crippen molar-refractivity contribution in [3.05, 3.63) is 65.6 Å². The minimum Gasteiger partial charge on any atom is -0.466 e. The van der Waals surface area contributed by atoms with Crippen molar-refractivity contribution in [2.45, 2.75) is 10.1 Å². The van der Waals surface area contributed by atoms with Crippen LogP contribution in [0.3, 0.4) is 0 Å². The second-order valence-corrected chi connectivity index (χ2v) is 6.85. The SMILES string of the molecule is COC(=O)/C=C/c1ccc(-c2ncn(C)c2Sc2ccc(Cl)cn2)cc1. The molecule has 5 nitrogen and oxygen atoms in total. The molecule has 0 N–H and O–H groups in total. The van der Waals surface area contributed by atoms with Crippen LogP contribution in [0.5, 0.6) is 0 Å². The summed E-state index contributed by atoms with van der Waals surface area (Å²) in [6, 6.07) is 11.5. The van der Waals surface area contributed by atoms with Crippen LogP contribution in [0.2, 0.25) is 5.02 Å². The maximum Gasteiger partial charge on any atom is 0.330 e. The van der Waals surface area contributed by atoms with E-state index in [1.54, 1.807) is 18.6 Å². The standard InChI is InChI=1S/C19H16ClN3O2S/c1-23-12-22-18(19(23)26-16-9-8-15(20)11-21-16)14-6-3-13(4-7-14)5-10-17(24)25-2/h3-12H,1-2H3/b10-5+. The smallest absolute Gasteiger partial charge is 0.330 e. The Bertz CT molecular complexity index is 934. The second-order valence-electron chi connectivity index (χ2n) is 5.40. The van der Waals surface area contributed by atoms with Gasteiger partial charge < -0.3 is 9.30 Å². The molecule has 0 aliphatic rings. The molecule has 0 fully saturated rings. The molecule has 0 atom stereocenters. The van der Waals surface area contributed by atoms with E-state index in [1.165, 1.54) is 24.9 Å². The zero-order valence-corrected chi connectivity index (χ0v) is 15.8. The summed E-state index contributed by atoms with van der Waals surface area (Å²) in [6.07, 6.45) is 6.51. The fourth-order valence-electron chi connectivity index (χ4n) is 2.24. The molecule has 0 spiro atoms. The fourth-order valence-corrected chi connectivity index (χ4v) is 3.25. The molecule has 0 aliphatic heterocycles. The number of imidazole rings is 1. The van der Waals surface area contributed by atoms with Gasteiger partial charge in [-0.15, -0.1) is 0 Å². The number of methoxy groups -OCH3 is 1. The van der Waals surface area contributed by atoms with Gasteiger partial charge in [-0.1, -0.05) is 35.9 Å². The first-order valence-electron chi connectivity index (χ1n) is 7.74. The minimum atomic E-state index is -0.382. The van der Waals surface area contributed by atoms with Crippen LogP contribution >= 0.6 is 23.4 Å². The number of benzene rings is 1. The van der Waals surface area contributed by atoms with Crippen molar-refractivity contribution in [1.82, 2.24) is 14.5 Å². The normalized spacial score (nSPS) is 11.0. The molecule has 0 aliphatic carbocycles. The van der Waals surface area contributed by atoms with Crippen LogP contribution in [0.15, 0.2) is 65.1 Å². The molecule has 2 heterocycles. The number of carbonyl (C=O) groups is 1. The second kappa shape index (κ2) is 8.21. The molecule has 26 heavy (non-hydrogen) atoms. The van der Waals surface area contributed by atoms with Gasteiger partial charge in [-0.05, 0) is 35.5 Å². The Hall–Kier alpha value is -2.57. The largest absolute Gasteiger partial charge is 0.466 e. The third-order valence-corrected chi connectivity index (χ3v) is 4.93. The van der Waals surface area contributed by atoms with Crippen molar-refractivity contribution in [2.75, 3.05) is 7.11 Å². The average molecular weight is 386 g/mol. The number of pyridine rings is 1. The highest BCUT2D eigenvalue weighted by atomic mass is 35.5. The molecule has 0 saturated heterocycles. The van der Waals surface area contributed by atoms with Gasteiger partial charge in [0.25, 0.3) is 0 Å². The maximum atomic E-state index is 11.2. The molecule has 2 aromatic heterocycles. The fraction of sp³-hybridized carbons (Fsp3) is 0.105. The van der Waals surface area contributed by atoms with E-state index in [9.17, 15) is 4.79 Å². The molecule has 0 saturated carbocycles. The third-order valence-electron chi connectivity index (χ3n) is 3.58. The number of esters is 1. The summed E-state index contributed by atoms with van der Waals surface area (Å²) in [4.78, 5) is 20.0. The van der Waals surface area contributed by atoms with Gasteiger partial charge in [0.15, 0.2) is 0 Å². The van der Waals surface area contributed by atoms with Crippen molar-refractivity contribution >= 4 is 35.4 Å². The highest BCUT2D eigenvalue weighted by molar-refractivity contribution is 7.99. The lowest BCUT2D eigenvalue weighted by molar-refractivity contribution is -0.134. The van der Waals surface area contributed by atoms with Crippen molar-refractivity contribution < 1.29 is 9.53 Å². The monoisotopic (exact) mass is 385 g/mol. The summed E-state index contributed by atoms with van der Waals surface area (Å²) in [6.45, 7) is 0. The Morgan fingerprint density at radius 1 is 1.19 bits per heavy atom. The van der Waals surface area contributed by atoms with Crippen LogP contribution < -0.4 is 0 Å². The quantitative estimate of drug-likeness (QED) is 0.479. The third kappa shape index (κ3) is 4.33. The van der Waals surface area contributed by atoms with E-state index in [0.29, 0.717) is 5.02 Å². The van der Waals surface area contributed by atoms with Gasteiger partial charge in [0, 0.05) is 24.9 Å². The summed E-state index contributed by atoms with van der Waals surface area (Å²) < 4.78 is 6.55. The van der Waals surface area contributed by atoms with Gasteiger partial charge in [0.05, 0.1) is 18.5 Å². The first-order chi connectivity index (χ1) is 12.6. The number of carbonyl (C=O) groups excluding carboxylic acids is 1. The lowest BCUT2D eigenvalue weighted by Gasteiger charge is -2.06. The van der Waals surface area contributed by atoms with Crippen LogP contribution in [0.25, 0.3) is 17.3 Å². The minimum absolute atomic E-state index is 0.382. The van der Waals surface area contributed by atoms with Crippen LogP contribution in [0.4, 0.5) is 0 Å². The first-order valence-corrected chi connectivity index (χ1v) is 8.93. The summed E-state index contributed by atoms with van der Waals surface area (Å²) >= 11 is 7.43. The number of ether oxygens (including phenoxy) is 1. The Labute approximate surface area is 160 Å². The maximum absolute atomic E-state index is 11.2. The number of aromatic nitrogens is 3. The van der Waals surface area contributed by atoms with Crippen molar-refractivity contribution in [2.24, 2.45) is 7.05 Å². The van der Waals surface area contributed by atoms with Crippen LogP contribution in [-0.4, -0.2) is 27.6 Å². The topological polar surface area (TPSA) is 57.0 Å². The van der Waals surface area contributed by atoms with Crippen molar-refractivity contribution in [3.8, 4) is 11.3 Å². The molecule has 3 rings (SSSR count). The number of hydrogen-bond acceptors (Lipinski definition) is 5. The predicted octanol–water partition coefficient (Wildman–Crippen LogP) is 4.47. The Kier molecular flexibility index (Phi) is 5.75. The molecular formula is C19H16ClN3O2S. The number of rotatable bonds is 5. The zero-order valence-electron chi connectivity index (χ0n) is 14.2. The van der Waals surface area contributed by atoms with Gasteiger partial charge >= 0.3 is 5.97 Å². The lowest BCUT2D eigenvalue weighted by atomic mass is 10.1. The van der Waals surface area contributed by atoms with E-state index in [4.69, 9.17) is 11.6 Å². The molecule has 132 valence electrons. The molecule has 1 aromatic carbocycles. The zero-order chi connectivity index (χ0) is 18.5. The predicted molar refractivity (Wildman–Crippen MR) is 103 cm³/mol. The van der Waals surface area contributed by atoms with Crippen LogP contribution in [-0.2, 0) is 16.6 Å². The van der Waals surface area contributed by atoms with Crippen molar-refractivity contribution in [3.63, 3.8) is 0 Å². The van der Waals surface area contributed by atoms with E-state index in [1.807, 2.05) is 48.0 Å². The van der Waals surface area contributed by atoms with Crippen LogP contribution in [0, 0.1) is 0 Å². The van der Waals surface area contributed by atoms with Gasteiger partial charge in [-0.2, -0.15) is 0 Å². The number of halogens is 1. The summed E-state index contributed by atoms with van der Waals surface area (Å²) in [5, 5.41) is 2.43. The van der Waals surface area contributed by atoms with E-state index in [0.717, 1.165) is 26.9 Å². The van der Waals surface area contributed by atoms with Gasteiger partial charge in [0.1, 0.15) is 15.7 Å². The molecule has 0 radical (unpaired) electrons. The summed E-state index contributed by atoms with van der Waals surface area (Å²) in [5.41, 5.74) is 2.76. The Morgan fingerprint density at radius 2 is 1.96 bits per heavy atom. The number of aryl methyl sites for hydroxylation is 1. The summed E-state index contributed by atoms with van der Waals surface area (Å²) in [7, 11) is 3.30. The first kappa shape index (κ1) is 18.2. The lowest BCUT2D eigenvalue weighted by Crippen LogP contribution is -1.93. The van der Waals surface area contributed by atoms with Crippen molar-refractivity contribution in [1.29, 1.82) is 0 Å². The van der Waals surface area contributed by atoms with Gasteiger partial charge in [-0.3, -0.25) is 0 Å². The van der Waals surface area contributed by atoms with Gasteiger partial charge in [0.2, 0.25) is 0 Å². The number of nitrogens with zero attached hydrogens (tertiary/aromatic N) is 3. The van der Waals surface area contributed by atoms with E-state index in [2.05, 4.69) is 14.7 Å². The average Bonchev–Trinajstić information content (AvgIpc) is 3.02. The van der Waals surface area contributed by atoms with Crippen LogP contribution in [0.1, 0.15) is 5.56 Å². The highest BCUT2D eigenvalue weighted by Crippen LogP contribution is 2.34. The molecule has 0 amide bonds.